The van der Waals surface area contributed by atoms with Gasteiger partial charge in [-0.15, -0.1) is 11.8 Å². The van der Waals surface area contributed by atoms with Crippen molar-refractivity contribution in [2.24, 2.45) is 0 Å². The topological polar surface area (TPSA) is 99.5 Å². The zero-order valence-corrected chi connectivity index (χ0v) is 25.1. The number of fused-ring (bicyclic) bond motifs is 3. The first-order chi connectivity index (χ1) is 20.7. The standard InChI is InChI=1S/C30H33F2N3O7S/c1-5-21(31)25(32)20-16-43-23-10-8-7-9-19(23)26(17(20)3)35-24-15-39-14-13-33(24)29(37)27-28(22(36)11-12-34(27)35)41-18(4)42-30(38)40-6-2/h7-12,18,24,26H,5-6,13-16H2,1-4H3/b25-21-/t18?,24?,26-/m0/s1. The minimum atomic E-state index is -1.26. The Kier molecular flexibility index (Phi) is 9.11. The van der Waals surface area contributed by atoms with Gasteiger partial charge in [0.25, 0.3) is 5.91 Å². The maximum absolute atomic E-state index is 15.6. The Hall–Kier alpha value is -3.84. The van der Waals surface area contributed by atoms with Gasteiger partial charge in [0.05, 0.1) is 25.9 Å². The predicted molar refractivity (Wildman–Crippen MR) is 155 cm³/mol. The molecule has 0 N–H and O–H groups in total. The van der Waals surface area contributed by atoms with E-state index in [-0.39, 0.29) is 55.6 Å². The summed E-state index contributed by atoms with van der Waals surface area (Å²) in [6.07, 6.45) is -1.54. The monoisotopic (exact) mass is 617 g/mol. The van der Waals surface area contributed by atoms with Crippen molar-refractivity contribution in [1.29, 1.82) is 0 Å². The van der Waals surface area contributed by atoms with E-state index in [1.54, 1.807) is 25.7 Å². The van der Waals surface area contributed by atoms with E-state index in [0.29, 0.717) is 5.57 Å². The van der Waals surface area contributed by atoms with Gasteiger partial charge >= 0.3 is 6.16 Å². The number of rotatable bonds is 7. The summed E-state index contributed by atoms with van der Waals surface area (Å²) < 4.78 is 53.3. The van der Waals surface area contributed by atoms with Gasteiger partial charge in [0.2, 0.25) is 17.5 Å². The molecule has 43 heavy (non-hydrogen) atoms. The highest BCUT2D eigenvalue weighted by Gasteiger charge is 2.46. The van der Waals surface area contributed by atoms with Crippen LogP contribution in [0.4, 0.5) is 13.6 Å². The number of amides is 1. The Bertz CT molecular complexity index is 1540. The number of morpholine rings is 1. The van der Waals surface area contributed by atoms with Gasteiger partial charge in [0.1, 0.15) is 12.0 Å². The van der Waals surface area contributed by atoms with Crippen LogP contribution in [0.5, 0.6) is 5.75 Å². The van der Waals surface area contributed by atoms with Crippen LogP contribution in [0.3, 0.4) is 0 Å². The van der Waals surface area contributed by atoms with E-state index < -0.39 is 47.6 Å². The molecule has 13 heteroatoms. The van der Waals surface area contributed by atoms with E-state index in [1.165, 1.54) is 35.6 Å². The maximum Gasteiger partial charge on any atom is 0.511 e. The zero-order chi connectivity index (χ0) is 30.8. The first-order valence-electron chi connectivity index (χ1n) is 14.1. The van der Waals surface area contributed by atoms with Crippen LogP contribution >= 0.6 is 11.8 Å². The predicted octanol–water partition coefficient (Wildman–Crippen LogP) is 5.22. The normalized spacial score (nSPS) is 21.2. The highest BCUT2D eigenvalue weighted by molar-refractivity contribution is 7.99. The Morgan fingerprint density at radius 3 is 2.70 bits per heavy atom. The number of hydrogen-bond donors (Lipinski definition) is 0. The van der Waals surface area contributed by atoms with E-state index in [1.807, 2.05) is 29.3 Å². The van der Waals surface area contributed by atoms with Gasteiger partial charge in [-0.05, 0) is 37.5 Å². The number of aromatic nitrogens is 1. The minimum absolute atomic E-state index is 0.0781. The lowest BCUT2D eigenvalue weighted by Gasteiger charge is -2.51. The van der Waals surface area contributed by atoms with Crippen LogP contribution < -0.4 is 15.2 Å². The van der Waals surface area contributed by atoms with Gasteiger partial charge in [0.15, 0.2) is 11.5 Å². The first kappa shape index (κ1) is 30.6. The molecule has 0 bridgehead atoms. The summed E-state index contributed by atoms with van der Waals surface area (Å²) in [5, 5.41) is 1.84. The molecule has 5 rings (SSSR count). The molecule has 0 radical (unpaired) electrons. The molecule has 0 saturated carbocycles. The van der Waals surface area contributed by atoms with Crippen molar-refractivity contribution in [3.05, 3.63) is 80.8 Å². The van der Waals surface area contributed by atoms with Crippen LogP contribution in [0.25, 0.3) is 0 Å². The lowest BCUT2D eigenvalue weighted by molar-refractivity contribution is -0.0541. The van der Waals surface area contributed by atoms with E-state index >= 15 is 4.39 Å². The van der Waals surface area contributed by atoms with Crippen molar-refractivity contribution in [2.75, 3.05) is 37.1 Å². The fourth-order valence-corrected chi connectivity index (χ4v) is 6.68. The molecule has 0 spiro atoms. The lowest BCUT2D eigenvalue weighted by atomic mass is 9.93. The molecule has 3 atom stereocenters. The summed E-state index contributed by atoms with van der Waals surface area (Å²) in [5.74, 6) is -2.34. The van der Waals surface area contributed by atoms with Gasteiger partial charge in [-0.25, -0.2) is 13.6 Å². The number of halogens is 2. The summed E-state index contributed by atoms with van der Waals surface area (Å²) in [4.78, 5) is 41.5. The average molecular weight is 618 g/mol. The molecule has 1 aromatic carbocycles. The van der Waals surface area contributed by atoms with Crippen molar-refractivity contribution < 1.29 is 37.3 Å². The third-order valence-corrected chi connectivity index (χ3v) is 8.63. The average Bonchev–Trinajstić information content (AvgIpc) is 3.14. The molecule has 2 unspecified atom stereocenters. The Morgan fingerprint density at radius 1 is 1.19 bits per heavy atom. The summed E-state index contributed by atoms with van der Waals surface area (Å²) >= 11 is 1.40. The minimum Gasteiger partial charge on any atom is -0.448 e. The number of nitrogens with zero attached hydrogens (tertiary/aromatic N) is 3. The van der Waals surface area contributed by atoms with Gasteiger partial charge < -0.3 is 23.8 Å². The Labute approximate surface area is 251 Å². The quantitative estimate of drug-likeness (QED) is 0.306. The van der Waals surface area contributed by atoms with Crippen LogP contribution in [0.2, 0.25) is 0 Å². The van der Waals surface area contributed by atoms with Gasteiger partial charge in [-0.2, -0.15) is 0 Å². The highest BCUT2D eigenvalue weighted by Crippen LogP contribution is 2.45. The largest absolute Gasteiger partial charge is 0.511 e. The van der Waals surface area contributed by atoms with Crippen molar-refractivity contribution in [1.82, 2.24) is 9.58 Å². The third kappa shape index (κ3) is 5.75. The molecule has 4 heterocycles. The van der Waals surface area contributed by atoms with Crippen LogP contribution in [0.1, 0.15) is 56.2 Å². The van der Waals surface area contributed by atoms with E-state index in [2.05, 4.69) is 0 Å². The van der Waals surface area contributed by atoms with Gasteiger partial charge in [-0.3, -0.25) is 19.3 Å². The molecule has 0 aliphatic carbocycles. The molecule has 2 aromatic rings. The van der Waals surface area contributed by atoms with Crippen LogP contribution in [-0.4, -0.2) is 66.2 Å². The number of benzene rings is 1. The number of hydrogen-bond acceptors (Lipinski definition) is 9. The van der Waals surface area contributed by atoms with E-state index in [0.717, 1.165) is 10.5 Å². The Balaban J connectivity index is 1.72. The summed E-state index contributed by atoms with van der Waals surface area (Å²) in [7, 11) is 0. The summed E-state index contributed by atoms with van der Waals surface area (Å²) in [5.41, 5.74) is 0.889. The number of allylic oxidation sites excluding steroid dienone is 2. The van der Waals surface area contributed by atoms with Crippen molar-refractivity contribution in [3.8, 4) is 5.75 Å². The lowest BCUT2D eigenvalue weighted by Crippen LogP contribution is -2.66. The highest BCUT2D eigenvalue weighted by atomic mass is 32.2. The van der Waals surface area contributed by atoms with E-state index in [4.69, 9.17) is 18.9 Å². The number of thioether (sulfide) groups is 1. The molecule has 10 nitrogen and oxygen atoms in total. The molecule has 1 amide bonds. The molecule has 1 saturated heterocycles. The maximum atomic E-state index is 15.6. The molecule has 3 aliphatic heterocycles. The molecule has 3 aliphatic rings. The van der Waals surface area contributed by atoms with Crippen molar-refractivity contribution in [3.63, 3.8) is 0 Å². The molecular formula is C30H33F2N3O7S. The van der Waals surface area contributed by atoms with Crippen LogP contribution in [0, 0.1) is 0 Å². The van der Waals surface area contributed by atoms with Crippen LogP contribution in [-0.2, 0) is 14.2 Å². The molecule has 1 aromatic heterocycles. The second-order valence-corrected chi connectivity index (χ2v) is 11.1. The number of pyridine rings is 1. The van der Waals surface area contributed by atoms with Crippen LogP contribution in [0.15, 0.2) is 69.0 Å². The fraction of sp³-hybridized carbons (Fsp3) is 0.433. The smallest absolute Gasteiger partial charge is 0.448 e. The van der Waals surface area contributed by atoms with Gasteiger partial charge in [0, 0.05) is 42.0 Å². The number of ether oxygens (including phenoxy) is 4. The number of carbonyl (C=O) groups excluding carboxylic acids is 2. The third-order valence-electron chi connectivity index (χ3n) is 7.51. The number of carbonyl (C=O) groups is 2. The van der Waals surface area contributed by atoms with E-state index in [9.17, 15) is 18.8 Å². The van der Waals surface area contributed by atoms with Gasteiger partial charge in [-0.1, -0.05) is 25.1 Å². The second-order valence-electron chi connectivity index (χ2n) is 10.1. The summed E-state index contributed by atoms with van der Waals surface area (Å²) in [6, 6.07) is 8.12. The Morgan fingerprint density at radius 2 is 1.95 bits per heavy atom. The fourth-order valence-electron chi connectivity index (χ4n) is 5.51. The molecule has 230 valence electrons. The SMILES string of the molecule is CCOC(=O)OC(C)Oc1c2n(ccc1=O)N([C@H]1C(C)=C(/C(F)=C(/F)CC)CSc3ccccc31)C1COCCN1C2=O. The zero-order valence-electron chi connectivity index (χ0n) is 24.3. The molecule has 1 fully saturated rings. The first-order valence-corrected chi connectivity index (χ1v) is 15.0. The molecular weight excluding hydrogens is 584 g/mol. The second kappa shape index (κ2) is 12.8. The van der Waals surface area contributed by atoms with Crippen molar-refractivity contribution in [2.45, 2.75) is 57.5 Å². The van der Waals surface area contributed by atoms with Crippen molar-refractivity contribution >= 4 is 23.8 Å². The summed E-state index contributed by atoms with van der Waals surface area (Å²) in [6.45, 7) is 7.01.